The molecule has 0 saturated carbocycles. The molecular weight excluding hydrogens is 421 g/mol. The molecule has 0 saturated heterocycles. The van der Waals surface area contributed by atoms with E-state index >= 15 is 0 Å². The number of hydrogen-bond donors (Lipinski definition) is 2. The highest BCUT2D eigenvalue weighted by molar-refractivity contribution is 14.0. The van der Waals surface area contributed by atoms with E-state index in [0.717, 1.165) is 37.6 Å². The summed E-state index contributed by atoms with van der Waals surface area (Å²) in [7, 11) is 3.49. The minimum Gasteiger partial charge on any atom is -0.497 e. The number of guanidine groups is 1. The lowest BCUT2D eigenvalue weighted by atomic mass is 10.1. The van der Waals surface area contributed by atoms with Crippen LogP contribution in [0.3, 0.4) is 0 Å². The number of benzene rings is 1. The molecular formula is C17H24IN3OS. The van der Waals surface area contributed by atoms with Crippen molar-refractivity contribution in [1.29, 1.82) is 0 Å². The Balaban J connectivity index is 0.00000264. The van der Waals surface area contributed by atoms with Crippen LogP contribution in [0.4, 0.5) is 0 Å². The molecule has 4 nitrogen and oxygen atoms in total. The molecule has 0 spiro atoms. The van der Waals surface area contributed by atoms with Crippen molar-refractivity contribution in [2.24, 2.45) is 4.99 Å². The number of aliphatic imine (C=N–C) groups is 1. The Kier molecular flexibility index (Phi) is 9.70. The molecule has 2 N–H and O–H groups in total. The van der Waals surface area contributed by atoms with Gasteiger partial charge in [-0.25, -0.2) is 0 Å². The Morgan fingerprint density at radius 2 is 1.91 bits per heavy atom. The van der Waals surface area contributed by atoms with Crippen molar-refractivity contribution in [1.82, 2.24) is 10.6 Å². The lowest BCUT2D eigenvalue weighted by Gasteiger charge is -2.11. The monoisotopic (exact) mass is 445 g/mol. The van der Waals surface area contributed by atoms with Gasteiger partial charge in [-0.2, -0.15) is 11.3 Å². The molecule has 0 fully saturated rings. The quantitative estimate of drug-likeness (QED) is 0.296. The molecule has 126 valence electrons. The van der Waals surface area contributed by atoms with Crippen molar-refractivity contribution in [3.8, 4) is 5.75 Å². The Labute approximate surface area is 159 Å². The summed E-state index contributed by atoms with van der Waals surface area (Å²) < 4.78 is 5.16. The molecule has 2 aromatic rings. The van der Waals surface area contributed by atoms with Gasteiger partial charge >= 0.3 is 0 Å². The Hall–Kier alpha value is -1.28. The van der Waals surface area contributed by atoms with Gasteiger partial charge in [0, 0.05) is 20.1 Å². The van der Waals surface area contributed by atoms with Crippen LogP contribution < -0.4 is 15.4 Å². The predicted molar refractivity (Wildman–Crippen MR) is 109 cm³/mol. The lowest BCUT2D eigenvalue weighted by molar-refractivity contribution is 0.414. The molecule has 0 aliphatic carbocycles. The summed E-state index contributed by atoms with van der Waals surface area (Å²) in [6.45, 7) is 1.71. The van der Waals surface area contributed by atoms with Crippen LogP contribution in [0.1, 0.15) is 17.5 Å². The van der Waals surface area contributed by atoms with Crippen molar-refractivity contribution in [3.63, 3.8) is 0 Å². The number of aryl methyl sites for hydroxylation is 1. The van der Waals surface area contributed by atoms with Crippen molar-refractivity contribution >= 4 is 41.3 Å². The fourth-order valence-electron chi connectivity index (χ4n) is 2.09. The molecule has 0 unspecified atom stereocenters. The van der Waals surface area contributed by atoms with Crippen molar-refractivity contribution in [3.05, 3.63) is 52.2 Å². The third kappa shape index (κ3) is 7.22. The first kappa shape index (κ1) is 19.8. The zero-order valence-corrected chi connectivity index (χ0v) is 16.7. The number of nitrogens with zero attached hydrogens (tertiary/aromatic N) is 1. The zero-order valence-electron chi connectivity index (χ0n) is 13.5. The third-order valence-corrected chi connectivity index (χ3v) is 4.09. The van der Waals surface area contributed by atoms with Crippen LogP contribution >= 0.6 is 35.3 Å². The first-order valence-corrected chi connectivity index (χ1v) is 8.34. The largest absolute Gasteiger partial charge is 0.497 e. The molecule has 0 atom stereocenters. The molecule has 0 aliphatic rings. The molecule has 0 aliphatic heterocycles. The number of hydrogen-bond acceptors (Lipinski definition) is 3. The van der Waals surface area contributed by atoms with E-state index in [2.05, 4.69) is 44.6 Å². The Morgan fingerprint density at radius 1 is 1.13 bits per heavy atom. The van der Waals surface area contributed by atoms with Gasteiger partial charge in [0.05, 0.1) is 7.11 Å². The van der Waals surface area contributed by atoms with Crippen LogP contribution in [0, 0.1) is 0 Å². The van der Waals surface area contributed by atoms with E-state index in [9.17, 15) is 0 Å². The lowest BCUT2D eigenvalue weighted by Crippen LogP contribution is -2.37. The minimum absolute atomic E-state index is 0. The van der Waals surface area contributed by atoms with E-state index in [-0.39, 0.29) is 24.0 Å². The number of nitrogens with one attached hydrogen (secondary N) is 2. The zero-order chi connectivity index (χ0) is 15.6. The van der Waals surface area contributed by atoms with Gasteiger partial charge in [-0.3, -0.25) is 4.99 Å². The van der Waals surface area contributed by atoms with Crippen molar-refractivity contribution in [2.45, 2.75) is 19.4 Å². The normalized spacial score (nSPS) is 10.8. The van der Waals surface area contributed by atoms with Gasteiger partial charge < -0.3 is 15.4 Å². The van der Waals surface area contributed by atoms with E-state index in [1.807, 2.05) is 12.1 Å². The van der Waals surface area contributed by atoms with Crippen LogP contribution in [0.2, 0.25) is 0 Å². The van der Waals surface area contributed by atoms with Crippen LogP contribution in [-0.4, -0.2) is 26.7 Å². The first-order chi connectivity index (χ1) is 10.8. The van der Waals surface area contributed by atoms with Gasteiger partial charge in [-0.15, -0.1) is 24.0 Å². The predicted octanol–water partition coefficient (Wildman–Crippen LogP) is 3.67. The number of ether oxygens (including phenoxy) is 1. The highest BCUT2D eigenvalue weighted by Gasteiger charge is 1.99. The molecule has 6 heteroatoms. The van der Waals surface area contributed by atoms with Gasteiger partial charge in [-0.05, 0) is 52.9 Å². The Morgan fingerprint density at radius 3 is 2.52 bits per heavy atom. The molecule has 1 aromatic carbocycles. The SMILES string of the molecule is CN=C(NCCCc1ccc(OC)cc1)NCc1ccsc1.I. The van der Waals surface area contributed by atoms with E-state index in [4.69, 9.17) is 4.74 Å². The van der Waals surface area contributed by atoms with Crippen LogP contribution in [0.25, 0.3) is 0 Å². The van der Waals surface area contributed by atoms with Gasteiger partial charge in [0.2, 0.25) is 0 Å². The second-order valence-electron chi connectivity index (χ2n) is 4.94. The summed E-state index contributed by atoms with van der Waals surface area (Å²) in [6, 6.07) is 10.4. The van der Waals surface area contributed by atoms with E-state index in [1.165, 1.54) is 11.1 Å². The number of thiophene rings is 1. The summed E-state index contributed by atoms with van der Waals surface area (Å²) in [5, 5.41) is 10.9. The fraction of sp³-hybridized carbons (Fsp3) is 0.353. The second kappa shape index (κ2) is 11.3. The average molecular weight is 445 g/mol. The van der Waals surface area contributed by atoms with Crippen LogP contribution in [0.15, 0.2) is 46.1 Å². The molecule has 0 amide bonds. The maximum absolute atomic E-state index is 5.16. The first-order valence-electron chi connectivity index (χ1n) is 7.40. The molecule has 0 radical (unpaired) electrons. The topological polar surface area (TPSA) is 45.7 Å². The molecule has 1 aromatic heterocycles. The molecule has 2 rings (SSSR count). The molecule has 0 bridgehead atoms. The van der Waals surface area contributed by atoms with E-state index < -0.39 is 0 Å². The van der Waals surface area contributed by atoms with Crippen molar-refractivity contribution < 1.29 is 4.74 Å². The maximum Gasteiger partial charge on any atom is 0.191 e. The van der Waals surface area contributed by atoms with Gasteiger partial charge in [0.25, 0.3) is 0 Å². The highest BCUT2D eigenvalue weighted by Crippen LogP contribution is 2.12. The van der Waals surface area contributed by atoms with Crippen LogP contribution in [0.5, 0.6) is 5.75 Å². The maximum atomic E-state index is 5.16. The smallest absolute Gasteiger partial charge is 0.191 e. The highest BCUT2D eigenvalue weighted by atomic mass is 127. The Bertz CT molecular complexity index is 570. The summed E-state index contributed by atoms with van der Waals surface area (Å²) in [5.74, 6) is 1.75. The van der Waals surface area contributed by atoms with Crippen molar-refractivity contribution in [2.75, 3.05) is 20.7 Å². The number of rotatable bonds is 7. The summed E-state index contributed by atoms with van der Waals surface area (Å²) in [4.78, 5) is 4.24. The minimum atomic E-state index is 0. The van der Waals surface area contributed by atoms with E-state index in [0.29, 0.717) is 0 Å². The van der Waals surface area contributed by atoms with Gasteiger partial charge in [0.15, 0.2) is 5.96 Å². The second-order valence-corrected chi connectivity index (χ2v) is 5.72. The number of halogens is 1. The molecule has 23 heavy (non-hydrogen) atoms. The number of methoxy groups -OCH3 is 1. The van der Waals surface area contributed by atoms with Gasteiger partial charge in [-0.1, -0.05) is 12.1 Å². The summed E-state index contributed by atoms with van der Waals surface area (Å²) in [5.41, 5.74) is 2.61. The summed E-state index contributed by atoms with van der Waals surface area (Å²) >= 11 is 1.71. The fourth-order valence-corrected chi connectivity index (χ4v) is 2.76. The standard InChI is InChI=1S/C17H23N3OS.HI/c1-18-17(20-12-15-9-11-22-13-15)19-10-3-4-14-5-7-16(21-2)8-6-14;/h5-9,11,13H,3-4,10,12H2,1-2H3,(H2,18,19,20);1H. The van der Waals surface area contributed by atoms with Gasteiger partial charge in [0.1, 0.15) is 5.75 Å². The van der Waals surface area contributed by atoms with E-state index in [1.54, 1.807) is 25.5 Å². The molecule has 1 heterocycles. The third-order valence-electron chi connectivity index (χ3n) is 3.36. The average Bonchev–Trinajstić information content (AvgIpc) is 3.08. The summed E-state index contributed by atoms with van der Waals surface area (Å²) in [6.07, 6.45) is 2.10. The van der Waals surface area contributed by atoms with Crippen LogP contribution in [-0.2, 0) is 13.0 Å².